The van der Waals surface area contributed by atoms with Gasteiger partial charge in [-0.3, -0.25) is 4.90 Å². The van der Waals surface area contributed by atoms with E-state index in [0.717, 1.165) is 25.2 Å². The molecule has 1 saturated heterocycles. The molecular formula is C14H18F2N2O2. The zero-order chi connectivity index (χ0) is 14.9. The van der Waals surface area contributed by atoms with Gasteiger partial charge in [-0.15, -0.1) is 0 Å². The Hall–Kier alpha value is -1.53. The van der Waals surface area contributed by atoms with E-state index in [4.69, 9.17) is 0 Å². The molecule has 1 aromatic rings. The molecule has 0 aliphatic carbocycles. The Balaban J connectivity index is 2.38. The van der Waals surface area contributed by atoms with Crippen molar-refractivity contribution in [3.8, 4) is 0 Å². The molecule has 1 atom stereocenters. The number of benzene rings is 1. The molecule has 0 spiro atoms. The van der Waals surface area contributed by atoms with E-state index in [2.05, 4.69) is 4.90 Å². The standard InChI is InChI=1S/C14H18F2N2O2/c1-14(13(19)20,18-7-5-17(2)6-8-18)10-3-4-11(15)12(16)9-10/h3-4,9H,5-8H2,1-2H3,(H,19,20). The van der Waals surface area contributed by atoms with E-state index in [0.29, 0.717) is 13.1 Å². The molecule has 2 rings (SSSR count). The fourth-order valence-corrected chi connectivity index (χ4v) is 2.49. The van der Waals surface area contributed by atoms with E-state index in [-0.39, 0.29) is 5.56 Å². The first-order valence-electron chi connectivity index (χ1n) is 6.48. The molecule has 110 valence electrons. The summed E-state index contributed by atoms with van der Waals surface area (Å²) in [6, 6.07) is 3.29. The van der Waals surface area contributed by atoms with Crippen molar-refractivity contribution in [2.45, 2.75) is 12.5 Å². The van der Waals surface area contributed by atoms with Gasteiger partial charge >= 0.3 is 5.97 Å². The van der Waals surface area contributed by atoms with Gasteiger partial charge in [0.2, 0.25) is 0 Å². The third-order valence-corrected chi connectivity index (χ3v) is 4.03. The summed E-state index contributed by atoms with van der Waals surface area (Å²) in [5.41, 5.74) is -1.09. The molecule has 0 amide bonds. The van der Waals surface area contributed by atoms with Crippen molar-refractivity contribution >= 4 is 5.97 Å². The van der Waals surface area contributed by atoms with Gasteiger partial charge in [0, 0.05) is 26.2 Å². The molecule has 20 heavy (non-hydrogen) atoms. The number of likely N-dealkylation sites (N-methyl/N-ethyl adjacent to an activating group) is 1. The van der Waals surface area contributed by atoms with Crippen LogP contribution in [-0.2, 0) is 10.3 Å². The largest absolute Gasteiger partial charge is 0.480 e. The van der Waals surface area contributed by atoms with Crippen LogP contribution in [0.4, 0.5) is 8.78 Å². The summed E-state index contributed by atoms with van der Waals surface area (Å²) >= 11 is 0. The van der Waals surface area contributed by atoms with Crippen LogP contribution < -0.4 is 0 Å². The number of carbonyl (C=O) groups is 1. The van der Waals surface area contributed by atoms with Gasteiger partial charge in [-0.1, -0.05) is 6.07 Å². The van der Waals surface area contributed by atoms with Gasteiger partial charge in [-0.05, 0) is 31.7 Å². The quantitative estimate of drug-likeness (QED) is 0.914. The van der Waals surface area contributed by atoms with Crippen LogP contribution in [0.15, 0.2) is 18.2 Å². The number of hydrogen-bond donors (Lipinski definition) is 1. The van der Waals surface area contributed by atoms with Gasteiger partial charge in [-0.25, -0.2) is 13.6 Å². The molecule has 4 nitrogen and oxygen atoms in total. The smallest absolute Gasteiger partial charge is 0.328 e. The van der Waals surface area contributed by atoms with Crippen LogP contribution in [0.5, 0.6) is 0 Å². The number of carboxylic acid groups (broad SMARTS) is 1. The summed E-state index contributed by atoms with van der Waals surface area (Å²) in [6.07, 6.45) is 0. The molecule has 1 aliphatic rings. The second-order valence-corrected chi connectivity index (χ2v) is 5.30. The second-order valence-electron chi connectivity index (χ2n) is 5.30. The molecule has 0 aromatic heterocycles. The minimum Gasteiger partial charge on any atom is -0.480 e. The Kier molecular flexibility index (Phi) is 4.06. The summed E-state index contributed by atoms with van der Waals surface area (Å²) in [4.78, 5) is 15.6. The van der Waals surface area contributed by atoms with E-state index in [1.165, 1.54) is 13.0 Å². The first-order valence-corrected chi connectivity index (χ1v) is 6.48. The molecule has 1 heterocycles. The van der Waals surface area contributed by atoms with Gasteiger partial charge in [0.15, 0.2) is 11.6 Å². The number of halogens is 2. The first-order chi connectivity index (χ1) is 9.35. The van der Waals surface area contributed by atoms with Crippen LogP contribution >= 0.6 is 0 Å². The highest BCUT2D eigenvalue weighted by Crippen LogP contribution is 2.30. The van der Waals surface area contributed by atoms with Crippen molar-refractivity contribution in [2.75, 3.05) is 33.2 Å². The monoisotopic (exact) mass is 284 g/mol. The van der Waals surface area contributed by atoms with E-state index in [1.54, 1.807) is 4.90 Å². The molecule has 1 N–H and O–H groups in total. The molecule has 1 unspecified atom stereocenters. The average molecular weight is 284 g/mol. The number of rotatable bonds is 3. The molecule has 1 fully saturated rings. The van der Waals surface area contributed by atoms with Gasteiger partial charge in [0.25, 0.3) is 0 Å². The minimum absolute atomic E-state index is 0.258. The third-order valence-electron chi connectivity index (χ3n) is 4.03. The molecule has 0 saturated carbocycles. The molecule has 0 radical (unpaired) electrons. The number of hydrogen-bond acceptors (Lipinski definition) is 3. The first kappa shape index (κ1) is 14.9. The fourth-order valence-electron chi connectivity index (χ4n) is 2.49. The maximum Gasteiger partial charge on any atom is 0.328 e. The van der Waals surface area contributed by atoms with Crippen LogP contribution in [0.1, 0.15) is 12.5 Å². The lowest BCUT2D eigenvalue weighted by molar-refractivity contribution is -0.152. The van der Waals surface area contributed by atoms with Gasteiger partial charge < -0.3 is 10.0 Å². The highest BCUT2D eigenvalue weighted by Gasteiger charge is 2.42. The zero-order valence-electron chi connectivity index (χ0n) is 11.6. The second kappa shape index (κ2) is 5.46. The van der Waals surface area contributed by atoms with Gasteiger partial charge in [-0.2, -0.15) is 0 Å². The lowest BCUT2D eigenvalue weighted by Crippen LogP contribution is -2.56. The number of carboxylic acids is 1. The maximum atomic E-state index is 13.4. The lowest BCUT2D eigenvalue weighted by atomic mass is 9.89. The number of nitrogens with zero attached hydrogens (tertiary/aromatic N) is 2. The minimum atomic E-state index is -1.35. The Bertz CT molecular complexity index is 516. The van der Waals surface area contributed by atoms with Gasteiger partial charge in [0.1, 0.15) is 5.54 Å². The van der Waals surface area contributed by atoms with Crippen LogP contribution in [0.3, 0.4) is 0 Å². The van der Waals surface area contributed by atoms with Crippen LogP contribution in [0.2, 0.25) is 0 Å². The zero-order valence-corrected chi connectivity index (χ0v) is 11.6. The summed E-state index contributed by atoms with van der Waals surface area (Å²) in [6.45, 7) is 4.16. The molecular weight excluding hydrogens is 266 g/mol. The van der Waals surface area contributed by atoms with E-state index in [9.17, 15) is 18.7 Å². The van der Waals surface area contributed by atoms with Crippen molar-refractivity contribution in [1.82, 2.24) is 9.80 Å². The van der Waals surface area contributed by atoms with Crippen molar-refractivity contribution in [3.63, 3.8) is 0 Å². The molecule has 6 heteroatoms. The van der Waals surface area contributed by atoms with Gasteiger partial charge in [0.05, 0.1) is 0 Å². The molecule has 1 aliphatic heterocycles. The Morgan fingerprint density at radius 2 is 1.80 bits per heavy atom. The van der Waals surface area contributed by atoms with Crippen molar-refractivity contribution in [2.24, 2.45) is 0 Å². The van der Waals surface area contributed by atoms with Crippen molar-refractivity contribution in [1.29, 1.82) is 0 Å². The summed E-state index contributed by atoms with van der Waals surface area (Å²) in [5.74, 6) is -3.06. The maximum absolute atomic E-state index is 13.4. The van der Waals surface area contributed by atoms with Crippen molar-refractivity contribution < 1.29 is 18.7 Å². The van der Waals surface area contributed by atoms with E-state index < -0.39 is 23.1 Å². The van der Waals surface area contributed by atoms with Crippen LogP contribution in [0.25, 0.3) is 0 Å². The third kappa shape index (κ3) is 2.53. The summed E-state index contributed by atoms with van der Waals surface area (Å²) < 4.78 is 26.4. The number of piperazine rings is 1. The van der Waals surface area contributed by atoms with E-state index >= 15 is 0 Å². The number of aliphatic carboxylic acids is 1. The van der Waals surface area contributed by atoms with E-state index in [1.807, 2.05) is 7.05 Å². The van der Waals surface area contributed by atoms with Crippen LogP contribution in [0, 0.1) is 11.6 Å². The predicted octanol–water partition coefficient (Wildman–Crippen LogP) is 1.51. The fraction of sp³-hybridized carbons (Fsp3) is 0.500. The highest BCUT2D eigenvalue weighted by atomic mass is 19.2. The van der Waals surface area contributed by atoms with Crippen molar-refractivity contribution in [3.05, 3.63) is 35.4 Å². The average Bonchev–Trinajstić information content (AvgIpc) is 2.41. The highest BCUT2D eigenvalue weighted by molar-refractivity contribution is 5.80. The molecule has 1 aromatic carbocycles. The Morgan fingerprint density at radius 3 is 2.30 bits per heavy atom. The lowest BCUT2D eigenvalue weighted by Gasteiger charge is -2.42. The van der Waals surface area contributed by atoms with Crippen LogP contribution in [-0.4, -0.2) is 54.1 Å². The summed E-state index contributed by atoms with van der Waals surface area (Å²) in [5, 5.41) is 9.59. The SMILES string of the molecule is CN1CCN(C(C)(C(=O)O)c2ccc(F)c(F)c2)CC1. The Morgan fingerprint density at radius 1 is 1.20 bits per heavy atom. The predicted molar refractivity (Wildman–Crippen MR) is 70.4 cm³/mol. The summed E-state index contributed by atoms with van der Waals surface area (Å²) in [7, 11) is 1.97. The normalized spacial score (nSPS) is 20.6. The molecule has 0 bridgehead atoms. The topological polar surface area (TPSA) is 43.8 Å². The Labute approximate surface area is 116 Å².